The molecule has 0 aliphatic rings. The van der Waals surface area contributed by atoms with E-state index in [1.165, 1.54) is 0 Å². The van der Waals surface area contributed by atoms with Crippen LogP contribution in [0.1, 0.15) is 21.6 Å². The van der Waals surface area contributed by atoms with E-state index >= 15 is 0 Å². The first-order chi connectivity index (χ1) is 12.1. The van der Waals surface area contributed by atoms with Crippen molar-refractivity contribution in [3.8, 4) is 0 Å². The molecule has 3 rings (SSSR count). The van der Waals surface area contributed by atoms with Crippen LogP contribution in [-0.2, 0) is 6.54 Å². The van der Waals surface area contributed by atoms with Gasteiger partial charge in [0.2, 0.25) is 0 Å². The Morgan fingerprint density at radius 3 is 2.72 bits per heavy atom. The van der Waals surface area contributed by atoms with Crippen molar-refractivity contribution in [1.29, 1.82) is 0 Å². The van der Waals surface area contributed by atoms with Gasteiger partial charge in [-0.25, -0.2) is 0 Å². The Balaban J connectivity index is 1.62. The van der Waals surface area contributed by atoms with Crippen molar-refractivity contribution in [3.63, 3.8) is 0 Å². The fraction of sp³-hybridized carbons (Fsp3) is 0.111. The number of benzene rings is 1. The normalized spacial score (nSPS) is 10.3. The lowest BCUT2D eigenvalue weighted by Crippen LogP contribution is -2.15. The SMILES string of the molecule is Cc1ccc(NC(=O)c2ccc(NCc3cccnc3)nn2)c(Br)c1. The summed E-state index contributed by atoms with van der Waals surface area (Å²) in [5, 5.41) is 14.0. The first kappa shape index (κ1) is 17.0. The summed E-state index contributed by atoms with van der Waals surface area (Å²) in [6, 6.07) is 12.9. The van der Waals surface area contributed by atoms with Crippen LogP contribution in [0.3, 0.4) is 0 Å². The fourth-order valence-electron chi connectivity index (χ4n) is 2.15. The number of amides is 1. The van der Waals surface area contributed by atoms with Crippen molar-refractivity contribution in [2.75, 3.05) is 10.6 Å². The maximum absolute atomic E-state index is 12.3. The molecular weight excluding hydrogens is 382 g/mol. The van der Waals surface area contributed by atoms with Crippen molar-refractivity contribution in [3.05, 3.63) is 76.2 Å². The number of hydrogen-bond donors (Lipinski definition) is 2. The number of aromatic nitrogens is 3. The second-order valence-electron chi connectivity index (χ2n) is 5.46. The minimum atomic E-state index is -0.309. The topological polar surface area (TPSA) is 79.8 Å². The average Bonchev–Trinajstić information content (AvgIpc) is 2.63. The molecule has 0 aliphatic heterocycles. The minimum Gasteiger partial charge on any atom is -0.364 e. The largest absolute Gasteiger partial charge is 0.364 e. The Bertz CT molecular complexity index is 868. The molecule has 1 aromatic carbocycles. The van der Waals surface area contributed by atoms with E-state index in [4.69, 9.17) is 0 Å². The molecule has 0 spiro atoms. The van der Waals surface area contributed by atoms with E-state index in [-0.39, 0.29) is 11.6 Å². The van der Waals surface area contributed by atoms with Gasteiger partial charge in [-0.05, 0) is 64.3 Å². The summed E-state index contributed by atoms with van der Waals surface area (Å²) in [4.78, 5) is 16.3. The van der Waals surface area contributed by atoms with Crippen LogP contribution < -0.4 is 10.6 Å². The van der Waals surface area contributed by atoms with Crippen molar-refractivity contribution in [2.24, 2.45) is 0 Å². The van der Waals surface area contributed by atoms with E-state index in [9.17, 15) is 4.79 Å². The van der Waals surface area contributed by atoms with Crippen LogP contribution in [0.15, 0.2) is 59.3 Å². The molecule has 2 N–H and O–H groups in total. The van der Waals surface area contributed by atoms with E-state index in [1.807, 2.05) is 37.3 Å². The van der Waals surface area contributed by atoms with Gasteiger partial charge < -0.3 is 10.6 Å². The molecule has 0 saturated carbocycles. The molecule has 0 radical (unpaired) electrons. The zero-order chi connectivity index (χ0) is 17.6. The zero-order valence-corrected chi connectivity index (χ0v) is 15.1. The molecule has 2 aromatic heterocycles. The van der Waals surface area contributed by atoms with E-state index in [1.54, 1.807) is 24.5 Å². The highest BCUT2D eigenvalue weighted by molar-refractivity contribution is 9.10. The number of pyridine rings is 1. The molecule has 0 aliphatic carbocycles. The molecule has 2 heterocycles. The summed E-state index contributed by atoms with van der Waals surface area (Å²) >= 11 is 3.44. The molecule has 126 valence electrons. The lowest BCUT2D eigenvalue weighted by molar-refractivity contribution is 0.102. The third kappa shape index (κ3) is 4.60. The van der Waals surface area contributed by atoms with Gasteiger partial charge >= 0.3 is 0 Å². The summed E-state index contributed by atoms with van der Waals surface area (Å²) in [6.07, 6.45) is 3.50. The molecule has 0 fully saturated rings. The standard InChI is InChI=1S/C18H16BrN5O/c1-12-4-5-15(14(19)9-12)22-18(25)16-6-7-17(24-23-16)21-11-13-3-2-8-20-10-13/h2-10H,11H2,1H3,(H,21,24)(H,22,25). The minimum absolute atomic E-state index is 0.249. The van der Waals surface area contributed by atoms with Gasteiger partial charge in [-0.3, -0.25) is 9.78 Å². The molecule has 0 saturated heterocycles. The molecule has 0 atom stereocenters. The van der Waals surface area contributed by atoms with Crippen LogP contribution in [0.4, 0.5) is 11.5 Å². The summed E-state index contributed by atoms with van der Waals surface area (Å²) in [5.74, 6) is 0.285. The number of anilines is 2. The highest BCUT2D eigenvalue weighted by Crippen LogP contribution is 2.23. The van der Waals surface area contributed by atoms with E-state index in [0.29, 0.717) is 18.1 Å². The lowest BCUT2D eigenvalue weighted by Gasteiger charge is -2.08. The molecule has 0 unspecified atom stereocenters. The second-order valence-corrected chi connectivity index (χ2v) is 6.31. The number of nitrogens with zero attached hydrogens (tertiary/aromatic N) is 3. The Kier molecular flexibility index (Phi) is 5.35. The Labute approximate surface area is 153 Å². The van der Waals surface area contributed by atoms with Gasteiger partial charge in [-0.15, -0.1) is 10.2 Å². The molecule has 6 nitrogen and oxygen atoms in total. The molecule has 0 bridgehead atoms. The van der Waals surface area contributed by atoms with Crippen molar-refractivity contribution in [2.45, 2.75) is 13.5 Å². The van der Waals surface area contributed by atoms with Crippen molar-refractivity contribution >= 4 is 33.3 Å². The number of carbonyl (C=O) groups is 1. The van der Waals surface area contributed by atoms with Gasteiger partial charge in [0, 0.05) is 23.4 Å². The quantitative estimate of drug-likeness (QED) is 0.684. The Hall–Kier alpha value is -2.80. The number of rotatable bonds is 5. The summed E-state index contributed by atoms with van der Waals surface area (Å²) < 4.78 is 0.823. The monoisotopic (exact) mass is 397 g/mol. The van der Waals surface area contributed by atoms with E-state index < -0.39 is 0 Å². The average molecular weight is 398 g/mol. The second kappa shape index (κ2) is 7.85. The zero-order valence-electron chi connectivity index (χ0n) is 13.5. The third-order valence-electron chi connectivity index (χ3n) is 3.47. The van der Waals surface area contributed by atoms with E-state index in [0.717, 1.165) is 15.6 Å². The summed E-state index contributed by atoms with van der Waals surface area (Å²) in [6.45, 7) is 2.57. The van der Waals surface area contributed by atoms with Gasteiger partial charge in [0.25, 0.3) is 5.91 Å². The van der Waals surface area contributed by atoms with Crippen molar-refractivity contribution < 1.29 is 4.79 Å². The summed E-state index contributed by atoms with van der Waals surface area (Å²) in [5.41, 5.74) is 3.08. The predicted octanol–water partition coefficient (Wildman–Crippen LogP) is 3.81. The maximum atomic E-state index is 12.3. The van der Waals surface area contributed by atoms with Crippen LogP contribution >= 0.6 is 15.9 Å². The first-order valence-corrected chi connectivity index (χ1v) is 8.45. The van der Waals surface area contributed by atoms with Gasteiger partial charge in [-0.2, -0.15) is 0 Å². The van der Waals surface area contributed by atoms with Crippen LogP contribution in [0.2, 0.25) is 0 Å². The molecule has 7 heteroatoms. The highest BCUT2D eigenvalue weighted by atomic mass is 79.9. The molecule has 1 amide bonds. The fourth-order valence-corrected chi connectivity index (χ4v) is 2.74. The van der Waals surface area contributed by atoms with E-state index in [2.05, 4.69) is 41.7 Å². The van der Waals surface area contributed by atoms with Crippen LogP contribution in [0.5, 0.6) is 0 Å². The van der Waals surface area contributed by atoms with Gasteiger partial charge in [-0.1, -0.05) is 12.1 Å². The van der Waals surface area contributed by atoms with Crippen LogP contribution in [0, 0.1) is 6.92 Å². The number of aryl methyl sites for hydroxylation is 1. The first-order valence-electron chi connectivity index (χ1n) is 7.66. The number of nitrogens with one attached hydrogen (secondary N) is 2. The lowest BCUT2D eigenvalue weighted by atomic mass is 10.2. The van der Waals surface area contributed by atoms with Crippen LogP contribution in [-0.4, -0.2) is 21.1 Å². The van der Waals surface area contributed by atoms with Gasteiger partial charge in [0.15, 0.2) is 5.69 Å². The number of halogens is 1. The molecular formula is C18H16BrN5O. The Morgan fingerprint density at radius 1 is 1.16 bits per heavy atom. The third-order valence-corrected chi connectivity index (χ3v) is 4.12. The van der Waals surface area contributed by atoms with Gasteiger partial charge in [0.1, 0.15) is 5.82 Å². The van der Waals surface area contributed by atoms with Crippen molar-refractivity contribution in [1.82, 2.24) is 15.2 Å². The number of carbonyl (C=O) groups excluding carboxylic acids is 1. The van der Waals surface area contributed by atoms with Gasteiger partial charge in [0.05, 0.1) is 5.69 Å². The molecule has 3 aromatic rings. The smallest absolute Gasteiger partial charge is 0.276 e. The predicted molar refractivity (Wildman–Crippen MR) is 100 cm³/mol. The summed E-state index contributed by atoms with van der Waals surface area (Å²) in [7, 11) is 0. The highest BCUT2D eigenvalue weighted by Gasteiger charge is 2.10. The van der Waals surface area contributed by atoms with Crippen LogP contribution in [0.25, 0.3) is 0 Å². The maximum Gasteiger partial charge on any atom is 0.276 e. The molecule has 25 heavy (non-hydrogen) atoms. The Morgan fingerprint density at radius 2 is 2.04 bits per heavy atom. The number of hydrogen-bond acceptors (Lipinski definition) is 5.